The Morgan fingerprint density at radius 3 is 2.35 bits per heavy atom. The average molecular weight is 316 g/mol. The van der Waals surface area contributed by atoms with Crippen molar-refractivity contribution in [2.45, 2.75) is 33.1 Å². The number of rotatable bonds is 4. The lowest BCUT2D eigenvalue weighted by molar-refractivity contribution is 0.0486. The molecule has 0 N–H and O–H groups in total. The molecule has 0 spiro atoms. The van der Waals surface area contributed by atoms with E-state index >= 15 is 0 Å². The number of hydrogen-bond donors (Lipinski definition) is 0. The molecule has 0 bridgehead atoms. The lowest BCUT2D eigenvalue weighted by atomic mass is 9.87. The fraction of sp³-hybridized carbons (Fsp3) is 0.333. The molecule has 2 aromatic rings. The summed E-state index contributed by atoms with van der Waals surface area (Å²) in [5.41, 5.74) is 0.757. The standard InChI is InChI=1S/C18H20O5/c1-5-21-17(20)15-10-14(19)16(11-22-15)23-13-8-6-12(7-9-13)18(2,3)4/h6-11H,5H2,1-4H3. The van der Waals surface area contributed by atoms with Gasteiger partial charge in [-0.1, -0.05) is 32.9 Å². The van der Waals surface area contributed by atoms with Crippen molar-refractivity contribution in [2.75, 3.05) is 6.61 Å². The highest BCUT2D eigenvalue weighted by atomic mass is 16.5. The van der Waals surface area contributed by atoms with Crippen LogP contribution in [0.2, 0.25) is 0 Å². The van der Waals surface area contributed by atoms with Gasteiger partial charge in [-0.3, -0.25) is 4.79 Å². The zero-order valence-electron chi connectivity index (χ0n) is 13.7. The first-order valence-electron chi connectivity index (χ1n) is 7.39. The van der Waals surface area contributed by atoms with Crippen molar-refractivity contribution < 1.29 is 18.7 Å². The van der Waals surface area contributed by atoms with Crippen LogP contribution in [0.15, 0.2) is 45.8 Å². The Balaban J connectivity index is 2.17. The minimum atomic E-state index is -0.675. The van der Waals surface area contributed by atoms with Gasteiger partial charge in [-0.15, -0.1) is 0 Å². The number of benzene rings is 1. The summed E-state index contributed by atoms with van der Waals surface area (Å²) in [6, 6.07) is 8.54. The molecule has 0 saturated carbocycles. The van der Waals surface area contributed by atoms with Gasteiger partial charge < -0.3 is 13.9 Å². The molecule has 0 aliphatic heterocycles. The average Bonchev–Trinajstić information content (AvgIpc) is 2.49. The van der Waals surface area contributed by atoms with Crippen molar-refractivity contribution in [3.05, 3.63) is 58.1 Å². The van der Waals surface area contributed by atoms with Gasteiger partial charge in [-0.25, -0.2) is 4.79 Å². The number of hydrogen-bond acceptors (Lipinski definition) is 5. The molecule has 23 heavy (non-hydrogen) atoms. The Morgan fingerprint density at radius 1 is 1.17 bits per heavy atom. The summed E-state index contributed by atoms with van der Waals surface area (Å²) in [6.07, 6.45) is 1.12. The lowest BCUT2D eigenvalue weighted by Crippen LogP contribution is -2.11. The maximum atomic E-state index is 12.0. The Hall–Kier alpha value is -2.56. The largest absolute Gasteiger partial charge is 0.460 e. The molecule has 122 valence electrons. The predicted octanol–water partition coefficient (Wildman–Crippen LogP) is 3.91. The van der Waals surface area contributed by atoms with E-state index in [0.717, 1.165) is 17.9 Å². The van der Waals surface area contributed by atoms with Crippen LogP contribution in [0.1, 0.15) is 43.8 Å². The van der Waals surface area contributed by atoms with Gasteiger partial charge in [0.2, 0.25) is 16.9 Å². The quantitative estimate of drug-likeness (QED) is 0.800. The number of carbonyl (C=O) groups excluding carboxylic acids is 1. The molecule has 0 unspecified atom stereocenters. The first-order valence-corrected chi connectivity index (χ1v) is 7.39. The van der Waals surface area contributed by atoms with E-state index in [1.54, 1.807) is 19.1 Å². The smallest absolute Gasteiger partial charge is 0.374 e. The Labute approximate surface area is 134 Å². The van der Waals surface area contributed by atoms with Crippen LogP contribution >= 0.6 is 0 Å². The van der Waals surface area contributed by atoms with Crippen LogP contribution in [-0.4, -0.2) is 12.6 Å². The molecule has 0 fully saturated rings. The number of carbonyl (C=O) groups is 1. The van der Waals surface area contributed by atoms with E-state index in [4.69, 9.17) is 13.9 Å². The van der Waals surface area contributed by atoms with Crippen LogP contribution < -0.4 is 10.2 Å². The molecule has 5 heteroatoms. The van der Waals surface area contributed by atoms with E-state index in [1.807, 2.05) is 12.1 Å². The van der Waals surface area contributed by atoms with E-state index in [-0.39, 0.29) is 23.5 Å². The highest BCUT2D eigenvalue weighted by Crippen LogP contribution is 2.26. The molecule has 0 atom stereocenters. The molecular weight excluding hydrogens is 296 g/mol. The molecule has 0 aliphatic carbocycles. The monoisotopic (exact) mass is 316 g/mol. The zero-order chi connectivity index (χ0) is 17.0. The normalized spacial score (nSPS) is 11.1. The molecule has 0 amide bonds. The van der Waals surface area contributed by atoms with Crippen LogP contribution in [0, 0.1) is 0 Å². The van der Waals surface area contributed by atoms with Gasteiger partial charge in [0, 0.05) is 6.07 Å². The maximum absolute atomic E-state index is 12.0. The van der Waals surface area contributed by atoms with Gasteiger partial charge in [0.25, 0.3) is 0 Å². The summed E-state index contributed by atoms with van der Waals surface area (Å²) < 4.78 is 15.4. The first kappa shape index (κ1) is 16.8. The highest BCUT2D eigenvalue weighted by molar-refractivity contribution is 5.86. The van der Waals surface area contributed by atoms with Crippen molar-refractivity contribution in [3.8, 4) is 11.5 Å². The van der Waals surface area contributed by atoms with Gasteiger partial charge in [0.05, 0.1) is 6.61 Å². The second-order valence-electron chi connectivity index (χ2n) is 6.07. The van der Waals surface area contributed by atoms with Gasteiger partial charge >= 0.3 is 5.97 Å². The Bertz CT molecular complexity index is 735. The van der Waals surface area contributed by atoms with Gasteiger partial charge in [0.1, 0.15) is 12.0 Å². The predicted molar refractivity (Wildman–Crippen MR) is 86.2 cm³/mol. The maximum Gasteiger partial charge on any atom is 0.374 e. The van der Waals surface area contributed by atoms with E-state index in [0.29, 0.717) is 5.75 Å². The molecule has 0 saturated heterocycles. The van der Waals surface area contributed by atoms with E-state index in [2.05, 4.69) is 20.8 Å². The topological polar surface area (TPSA) is 65.7 Å². The lowest BCUT2D eigenvalue weighted by Gasteiger charge is -2.19. The Morgan fingerprint density at radius 2 is 1.83 bits per heavy atom. The third-order valence-electron chi connectivity index (χ3n) is 3.22. The van der Waals surface area contributed by atoms with Crippen molar-refractivity contribution in [1.29, 1.82) is 0 Å². The highest BCUT2D eigenvalue weighted by Gasteiger charge is 2.15. The van der Waals surface area contributed by atoms with Gasteiger partial charge in [0.15, 0.2) is 0 Å². The molecule has 5 nitrogen and oxygen atoms in total. The summed E-state index contributed by atoms with van der Waals surface area (Å²) in [7, 11) is 0. The summed E-state index contributed by atoms with van der Waals surface area (Å²) in [6.45, 7) is 8.23. The van der Waals surface area contributed by atoms with Crippen LogP contribution in [-0.2, 0) is 10.2 Å². The third kappa shape index (κ3) is 4.22. The second kappa shape index (κ2) is 6.69. The van der Waals surface area contributed by atoms with Crippen LogP contribution in [0.4, 0.5) is 0 Å². The van der Waals surface area contributed by atoms with Crippen molar-refractivity contribution in [1.82, 2.24) is 0 Å². The van der Waals surface area contributed by atoms with E-state index in [9.17, 15) is 9.59 Å². The second-order valence-corrected chi connectivity index (χ2v) is 6.07. The summed E-state index contributed by atoms with van der Waals surface area (Å²) >= 11 is 0. The summed E-state index contributed by atoms with van der Waals surface area (Å²) in [4.78, 5) is 23.5. The van der Waals surface area contributed by atoms with Crippen LogP contribution in [0.25, 0.3) is 0 Å². The zero-order valence-corrected chi connectivity index (χ0v) is 13.7. The van der Waals surface area contributed by atoms with E-state index < -0.39 is 11.4 Å². The molecule has 0 radical (unpaired) electrons. The number of ether oxygens (including phenoxy) is 2. The summed E-state index contributed by atoms with van der Waals surface area (Å²) in [5, 5.41) is 0. The third-order valence-corrected chi connectivity index (χ3v) is 3.22. The van der Waals surface area contributed by atoms with Crippen molar-refractivity contribution in [3.63, 3.8) is 0 Å². The van der Waals surface area contributed by atoms with Crippen molar-refractivity contribution >= 4 is 5.97 Å². The van der Waals surface area contributed by atoms with Crippen LogP contribution in [0.5, 0.6) is 11.5 Å². The Kier molecular flexibility index (Phi) is 4.89. The van der Waals surface area contributed by atoms with Crippen molar-refractivity contribution in [2.24, 2.45) is 0 Å². The number of esters is 1. The molecular formula is C18H20O5. The van der Waals surface area contributed by atoms with Crippen LogP contribution in [0.3, 0.4) is 0 Å². The SMILES string of the molecule is CCOC(=O)c1cc(=O)c(Oc2ccc(C(C)(C)C)cc2)co1. The fourth-order valence-corrected chi connectivity index (χ4v) is 1.93. The molecule has 1 heterocycles. The summed E-state index contributed by atoms with van der Waals surface area (Å²) in [5.74, 6) is -0.284. The van der Waals surface area contributed by atoms with Gasteiger partial charge in [-0.2, -0.15) is 0 Å². The molecule has 1 aromatic heterocycles. The molecule has 1 aromatic carbocycles. The molecule has 2 rings (SSSR count). The minimum absolute atomic E-state index is 0.0153. The van der Waals surface area contributed by atoms with E-state index in [1.165, 1.54) is 0 Å². The molecule has 0 aliphatic rings. The fourth-order valence-electron chi connectivity index (χ4n) is 1.93. The first-order chi connectivity index (χ1) is 10.8. The minimum Gasteiger partial charge on any atom is -0.460 e. The van der Waals surface area contributed by atoms with Gasteiger partial charge in [-0.05, 0) is 30.0 Å².